The van der Waals surface area contributed by atoms with Crippen molar-refractivity contribution in [2.45, 2.75) is 50.1 Å². The number of hydrogen-bond acceptors (Lipinski definition) is 7. The standard InChI is InChI=1S/C23H24F3N5O5S/c1-22(2,3)36-21(32)29-16-7-8-20-19(10-16)31(12-17(35-20)11-30-14-27-13-28-30)37(33,34)18-6-4-5-15(9-18)23(24,25)26/h4-10,13-14,17H,11-12H2,1-3H3,(H,29,32). The quantitative estimate of drug-likeness (QED) is 0.514. The van der Waals surface area contributed by atoms with Crippen molar-refractivity contribution in [1.29, 1.82) is 0 Å². The van der Waals surface area contributed by atoms with E-state index in [1.807, 2.05) is 0 Å². The minimum atomic E-state index is -4.73. The summed E-state index contributed by atoms with van der Waals surface area (Å²) in [5, 5.41) is 6.53. The van der Waals surface area contributed by atoms with E-state index in [0.717, 1.165) is 22.5 Å². The summed E-state index contributed by atoms with van der Waals surface area (Å²) in [5.41, 5.74) is -1.62. The lowest BCUT2D eigenvalue weighted by Crippen LogP contribution is -2.45. The molecule has 0 aliphatic carbocycles. The highest BCUT2D eigenvalue weighted by atomic mass is 32.2. The molecule has 0 radical (unpaired) electrons. The zero-order valence-corrected chi connectivity index (χ0v) is 20.9. The van der Waals surface area contributed by atoms with Crippen molar-refractivity contribution in [2.24, 2.45) is 0 Å². The fraction of sp³-hybridized carbons (Fsp3) is 0.348. The molecule has 0 bridgehead atoms. The van der Waals surface area contributed by atoms with Crippen LogP contribution in [0, 0.1) is 0 Å². The molecule has 10 nitrogen and oxygen atoms in total. The molecule has 1 aliphatic heterocycles. The Hall–Kier alpha value is -3.81. The smallest absolute Gasteiger partial charge is 0.416 e. The van der Waals surface area contributed by atoms with Gasteiger partial charge in [-0.05, 0) is 57.2 Å². The second-order valence-corrected chi connectivity index (χ2v) is 11.1. The summed E-state index contributed by atoms with van der Waals surface area (Å²) < 4.78 is 80.8. The molecule has 0 fully saturated rings. The number of rotatable bonds is 5. The molecule has 0 saturated heterocycles. The molecule has 37 heavy (non-hydrogen) atoms. The van der Waals surface area contributed by atoms with E-state index in [2.05, 4.69) is 15.4 Å². The fourth-order valence-corrected chi connectivity index (χ4v) is 5.17. The van der Waals surface area contributed by atoms with Crippen LogP contribution in [0.1, 0.15) is 26.3 Å². The average molecular weight is 540 g/mol. The van der Waals surface area contributed by atoms with Crippen LogP contribution >= 0.6 is 0 Å². The van der Waals surface area contributed by atoms with Crippen LogP contribution < -0.4 is 14.4 Å². The third kappa shape index (κ3) is 6.13. The lowest BCUT2D eigenvalue weighted by molar-refractivity contribution is -0.137. The summed E-state index contributed by atoms with van der Waals surface area (Å²) >= 11 is 0. The molecule has 1 N–H and O–H groups in total. The molecule has 1 atom stereocenters. The largest absolute Gasteiger partial charge is 0.484 e. The van der Waals surface area contributed by atoms with E-state index in [0.29, 0.717) is 6.07 Å². The topological polar surface area (TPSA) is 116 Å². The molecular formula is C23H24F3N5O5S. The monoisotopic (exact) mass is 539 g/mol. The third-order valence-electron chi connectivity index (χ3n) is 5.14. The molecule has 1 unspecified atom stereocenters. The van der Waals surface area contributed by atoms with Crippen LogP contribution in [0.25, 0.3) is 0 Å². The van der Waals surface area contributed by atoms with Gasteiger partial charge in [0.1, 0.15) is 30.1 Å². The Kier molecular flexibility index (Phi) is 6.79. The third-order valence-corrected chi connectivity index (χ3v) is 6.92. The Balaban J connectivity index is 1.73. The van der Waals surface area contributed by atoms with Crippen molar-refractivity contribution >= 4 is 27.5 Å². The number of nitrogens with one attached hydrogen (secondary N) is 1. The minimum absolute atomic E-state index is 0.0424. The van der Waals surface area contributed by atoms with Crippen LogP contribution in [0.2, 0.25) is 0 Å². The van der Waals surface area contributed by atoms with Crippen LogP contribution in [0.15, 0.2) is 60.0 Å². The van der Waals surface area contributed by atoms with E-state index < -0.39 is 44.5 Å². The molecule has 2 heterocycles. The zero-order chi connectivity index (χ0) is 27.0. The van der Waals surface area contributed by atoms with E-state index in [-0.39, 0.29) is 30.2 Å². The van der Waals surface area contributed by atoms with Gasteiger partial charge in [0, 0.05) is 5.69 Å². The number of halogens is 3. The van der Waals surface area contributed by atoms with Crippen molar-refractivity contribution in [3.63, 3.8) is 0 Å². The Bertz CT molecular complexity index is 1390. The second kappa shape index (κ2) is 9.57. The molecular weight excluding hydrogens is 515 g/mol. The lowest BCUT2D eigenvalue weighted by Gasteiger charge is -2.35. The summed E-state index contributed by atoms with van der Waals surface area (Å²) in [7, 11) is -4.48. The summed E-state index contributed by atoms with van der Waals surface area (Å²) in [6.45, 7) is 4.96. The molecule has 1 aliphatic rings. The number of carbonyl (C=O) groups excluding carboxylic acids is 1. The van der Waals surface area contributed by atoms with Crippen LogP contribution in [0.4, 0.5) is 29.3 Å². The Labute approximate surface area is 211 Å². The molecule has 0 saturated carbocycles. The predicted molar refractivity (Wildman–Crippen MR) is 127 cm³/mol. The van der Waals surface area contributed by atoms with Gasteiger partial charge in [0.05, 0.1) is 29.2 Å². The van der Waals surface area contributed by atoms with Crippen molar-refractivity contribution < 1.29 is 35.9 Å². The van der Waals surface area contributed by atoms with Gasteiger partial charge in [0.25, 0.3) is 10.0 Å². The highest BCUT2D eigenvalue weighted by Gasteiger charge is 2.37. The average Bonchev–Trinajstić information content (AvgIpc) is 3.30. The maximum atomic E-state index is 13.7. The van der Waals surface area contributed by atoms with Crippen molar-refractivity contribution in [1.82, 2.24) is 14.8 Å². The number of benzene rings is 2. The van der Waals surface area contributed by atoms with Crippen LogP contribution in [0.5, 0.6) is 5.75 Å². The second-order valence-electron chi connectivity index (χ2n) is 9.23. The number of alkyl halides is 3. The van der Waals surface area contributed by atoms with Gasteiger partial charge in [-0.15, -0.1) is 0 Å². The van der Waals surface area contributed by atoms with Gasteiger partial charge in [0.15, 0.2) is 0 Å². The lowest BCUT2D eigenvalue weighted by atomic mass is 10.2. The SMILES string of the molecule is CC(C)(C)OC(=O)Nc1ccc2c(c1)N(S(=O)(=O)c1cccc(C(F)(F)F)c1)CC(Cn1cncn1)O2. The summed E-state index contributed by atoms with van der Waals surface area (Å²) in [6, 6.07) is 7.82. The van der Waals surface area contributed by atoms with Gasteiger partial charge in [-0.1, -0.05) is 6.07 Å². The maximum absolute atomic E-state index is 13.7. The number of amides is 1. The number of fused-ring (bicyclic) bond motifs is 1. The molecule has 1 amide bonds. The number of ether oxygens (including phenoxy) is 2. The van der Waals surface area contributed by atoms with E-state index >= 15 is 0 Å². The van der Waals surface area contributed by atoms with Gasteiger partial charge < -0.3 is 9.47 Å². The fourth-order valence-electron chi connectivity index (χ4n) is 3.63. The number of nitrogens with zero attached hydrogens (tertiary/aromatic N) is 4. The van der Waals surface area contributed by atoms with Crippen molar-refractivity contribution in [3.8, 4) is 5.75 Å². The number of carbonyl (C=O) groups is 1. The Morgan fingerprint density at radius 2 is 1.95 bits per heavy atom. The molecule has 1 aromatic heterocycles. The minimum Gasteiger partial charge on any atom is -0.484 e. The van der Waals surface area contributed by atoms with Crippen molar-refractivity contribution in [3.05, 3.63) is 60.7 Å². The first-order valence-corrected chi connectivity index (χ1v) is 12.5. The van der Waals surface area contributed by atoms with E-state index in [1.165, 1.54) is 35.5 Å². The first kappa shape index (κ1) is 26.3. The van der Waals surface area contributed by atoms with E-state index in [4.69, 9.17) is 9.47 Å². The van der Waals surface area contributed by atoms with Crippen LogP contribution in [-0.2, 0) is 27.5 Å². The molecule has 2 aromatic carbocycles. The van der Waals surface area contributed by atoms with Gasteiger partial charge in [-0.2, -0.15) is 18.3 Å². The highest BCUT2D eigenvalue weighted by Crippen LogP contribution is 2.40. The zero-order valence-electron chi connectivity index (χ0n) is 20.1. The number of hydrogen-bond donors (Lipinski definition) is 1. The highest BCUT2D eigenvalue weighted by molar-refractivity contribution is 7.92. The van der Waals surface area contributed by atoms with E-state index in [1.54, 1.807) is 20.8 Å². The predicted octanol–water partition coefficient (Wildman–Crippen LogP) is 4.30. The van der Waals surface area contributed by atoms with Crippen LogP contribution in [0.3, 0.4) is 0 Å². The normalized spacial score (nSPS) is 16.1. The molecule has 14 heteroatoms. The summed E-state index contributed by atoms with van der Waals surface area (Å²) in [4.78, 5) is 15.5. The van der Waals surface area contributed by atoms with Crippen molar-refractivity contribution in [2.75, 3.05) is 16.2 Å². The molecule has 198 valence electrons. The molecule has 0 spiro atoms. The Morgan fingerprint density at radius 3 is 2.59 bits per heavy atom. The molecule has 4 rings (SSSR count). The van der Waals surface area contributed by atoms with Gasteiger partial charge in [-0.25, -0.2) is 22.9 Å². The number of aromatic nitrogens is 3. The van der Waals surface area contributed by atoms with Gasteiger partial charge >= 0.3 is 12.3 Å². The summed E-state index contributed by atoms with van der Waals surface area (Å²) in [6.07, 6.45) is -3.49. The van der Waals surface area contributed by atoms with Crippen LogP contribution in [-0.4, -0.2) is 47.5 Å². The Morgan fingerprint density at radius 1 is 1.19 bits per heavy atom. The first-order chi connectivity index (χ1) is 17.2. The van der Waals surface area contributed by atoms with E-state index in [9.17, 15) is 26.4 Å². The number of anilines is 2. The maximum Gasteiger partial charge on any atom is 0.416 e. The first-order valence-electron chi connectivity index (χ1n) is 11.1. The van der Waals surface area contributed by atoms with Gasteiger partial charge in [0.2, 0.25) is 0 Å². The summed E-state index contributed by atoms with van der Waals surface area (Å²) in [5.74, 6) is 0.154. The number of sulfonamides is 1. The van der Waals surface area contributed by atoms with Gasteiger partial charge in [-0.3, -0.25) is 9.62 Å². The molecule has 3 aromatic rings.